The van der Waals surface area contributed by atoms with Crippen LogP contribution in [0.1, 0.15) is 13.8 Å². The summed E-state index contributed by atoms with van der Waals surface area (Å²) in [5.41, 5.74) is 0.302. The van der Waals surface area contributed by atoms with Crippen LogP contribution in [0, 0.1) is 15.9 Å². The molecule has 0 aliphatic rings. The highest BCUT2D eigenvalue weighted by Gasteiger charge is 2.19. The van der Waals surface area contributed by atoms with Gasteiger partial charge in [0.15, 0.2) is 5.82 Å². The van der Waals surface area contributed by atoms with Gasteiger partial charge in [0, 0.05) is 18.7 Å². The van der Waals surface area contributed by atoms with Crippen molar-refractivity contribution in [3.8, 4) is 5.75 Å². The van der Waals surface area contributed by atoms with Crippen LogP contribution in [0.15, 0.2) is 30.4 Å². The normalized spacial score (nSPS) is 10.5. The van der Waals surface area contributed by atoms with Gasteiger partial charge in [-0.1, -0.05) is 26.5 Å². The Bertz CT molecular complexity index is 475. The van der Waals surface area contributed by atoms with E-state index in [0.29, 0.717) is 18.2 Å². The van der Waals surface area contributed by atoms with E-state index < -0.39 is 10.7 Å². The summed E-state index contributed by atoms with van der Waals surface area (Å²) in [6, 6.07) is 3.89. The molecule has 6 heteroatoms. The second-order valence-electron chi connectivity index (χ2n) is 4.42. The molecule has 0 unspecified atom stereocenters. The minimum absolute atomic E-state index is 0.0293. The number of rotatable bonds is 7. The molecular weight excluding hydrogens is 251 g/mol. The van der Waals surface area contributed by atoms with Crippen LogP contribution in [-0.2, 0) is 0 Å². The lowest BCUT2D eigenvalue weighted by molar-refractivity contribution is -0.386. The number of para-hydroxylation sites is 1. The third kappa shape index (κ3) is 4.67. The second-order valence-corrected chi connectivity index (χ2v) is 4.42. The number of hydrogen-bond donors (Lipinski definition) is 1. The molecule has 0 aliphatic carbocycles. The fourth-order valence-electron chi connectivity index (χ4n) is 1.36. The minimum Gasteiger partial charge on any atom is -0.480 e. The first-order chi connectivity index (χ1) is 8.91. The van der Waals surface area contributed by atoms with Crippen LogP contribution < -0.4 is 10.1 Å². The highest BCUT2D eigenvalue weighted by molar-refractivity contribution is 5.47. The highest BCUT2D eigenvalue weighted by atomic mass is 19.1. The van der Waals surface area contributed by atoms with Crippen LogP contribution in [-0.4, -0.2) is 24.1 Å². The smallest absolute Gasteiger partial charge is 0.314 e. The number of nitro groups is 1. The topological polar surface area (TPSA) is 64.4 Å². The van der Waals surface area contributed by atoms with Gasteiger partial charge in [-0.3, -0.25) is 10.1 Å². The number of hydrogen-bond acceptors (Lipinski definition) is 4. The van der Waals surface area contributed by atoms with Gasteiger partial charge in [0.25, 0.3) is 0 Å². The van der Waals surface area contributed by atoms with Crippen molar-refractivity contribution in [3.63, 3.8) is 0 Å². The fourth-order valence-corrected chi connectivity index (χ4v) is 1.36. The van der Waals surface area contributed by atoms with E-state index in [2.05, 4.69) is 11.9 Å². The predicted octanol–water partition coefficient (Wildman–Crippen LogP) is 2.67. The molecule has 0 radical (unpaired) electrons. The average Bonchev–Trinajstić information content (AvgIpc) is 2.34. The van der Waals surface area contributed by atoms with Crippen molar-refractivity contribution in [2.45, 2.75) is 19.9 Å². The summed E-state index contributed by atoms with van der Waals surface area (Å²) in [5.74, 6) is -1.10. The van der Waals surface area contributed by atoms with Gasteiger partial charge in [-0.05, 0) is 11.6 Å². The Hall–Kier alpha value is -1.95. The molecule has 0 saturated heterocycles. The van der Waals surface area contributed by atoms with Crippen molar-refractivity contribution >= 4 is 5.69 Å². The Morgan fingerprint density at radius 2 is 2.26 bits per heavy atom. The Balaban J connectivity index is 2.67. The standard InChI is InChI=1S/C13H17FN2O3/c1-9(2)15-7-10(3)8-19-13-11(14)5-4-6-12(13)16(17)18/h4-6,9,15H,3,7-8H2,1-2H3. The molecule has 0 saturated carbocycles. The van der Waals surface area contributed by atoms with Crippen molar-refractivity contribution in [2.75, 3.05) is 13.2 Å². The van der Waals surface area contributed by atoms with Crippen molar-refractivity contribution in [1.29, 1.82) is 0 Å². The van der Waals surface area contributed by atoms with Gasteiger partial charge >= 0.3 is 5.69 Å². The molecule has 19 heavy (non-hydrogen) atoms. The lowest BCUT2D eigenvalue weighted by Gasteiger charge is -2.12. The summed E-state index contributed by atoms with van der Waals surface area (Å²) < 4.78 is 18.7. The third-order valence-corrected chi connectivity index (χ3v) is 2.32. The molecule has 1 aromatic rings. The summed E-state index contributed by atoms with van der Waals surface area (Å²) >= 11 is 0. The summed E-state index contributed by atoms with van der Waals surface area (Å²) in [6.07, 6.45) is 0. The van der Waals surface area contributed by atoms with Crippen LogP contribution in [0.3, 0.4) is 0 Å². The third-order valence-electron chi connectivity index (χ3n) is 2.32. The van der Waals surface area contributed by atoms with E-state index in [0.717, 1.165) is 6.07 Å². The van der Waals surface area contributed by atoms with Gasteiger partial charge in [0.05, 0.1) is 4.92 Å². The van der Waals surface area contributed by atoms with Gasteiger partial charge in [0.2, 0.25) is 5.75 Å². The molecule has 1 rings (SSSR count). The average molecular weight is 268 g/mol. The molecule has 0 atom stereocenters. The zero-order valence-corrected chi connectivity index (χ0v) is 11.0. The molecule has 0 bridgehead atoms. The van der Waals surface area contributed by atoms with Crippen molar-refractivity contribution in [2.24, 2.45) is 0 Å². The maximum Gasteiger partial charge on any atom is 0.314 e. The summed E-state index contributed by atoms with van der Waals surface area (Å²) in [5, 5.41) is 13.9. The summed E-state index contributed by atoms with van der Waals surface area (Å²) in [7, 11) is 0. The van der Waals surface area contributed by atoms with Crippen molar-refractivity contribution < 1.29 is 14.1 Å². The number of nitrogens with one attached hydrogen (secondary N) is 1. The molecule has 0 fully saturated rings. The lowest BCUT2D eigenvalue weighted by Crippen LogP contribution is -2.26. The summed E-state index contributed by atoms with van der Waals surface area (Å²) in [6.45, 7) is 8.27. The minimum atomic E-state index is -0.751. The van der Waals surface area contributed by atoms with Gasteiger partial charge < -0.3 is 10.1 Å². The Morgan fingerprint density at radius 1 is 1.58 bits per heavy atom. The first-order valence-electron chi connectivity index (χ1n) is 5.87. The Morgan fingerprint density at radius 3 is 2.84 bits per heavy atom. The molecule has 104 valence electrons. The molecule has 0 heterocycles. The van der Waals surface area contributed by atoms with Crippen LogP contribution in [0.4, 0.5) is 10.1 Å². The molecule has 0 aliphatic heterocycles. The molecule has 1 aromatic carbocycles. The van der Waals surface area contributed by atoms with E-state index in [1.165, 1.54) is 12.1 Å². The SMILES string of the molecule is C=C(CNC(C)C)COc1c(F)cccc1[N+](=O)[O-]. The van der Waals surface area contributed by atoms with E-state index in [9.17, 15) is 14.5 Å². The molecule has 0 aromatic heterocycles. The molecule has 0 amide bonds. The van der Waals surface area contributed by atoms with Gasteiger partial charge in [-0.25, -0.2) is 4.39 Å². The monoisotopic (exact) mass is 268 g/mol. The maximum absolute atomic E-state index is 13.5. The molecule has 1 N–H and O–H groups in total. The quantitative estimate of drug-likeness (QED) is 0.469. The lowest BCUT2D eigenvalue weighted by atomic mass is 10.2. The number of benzene rings is 1. The van der Waals surface area contributed by atoms with E-state index in [1.54, 1.807) is 0 Å². The van der Waals surface area contributed by atoms with E-state index >= 15 is 0 Å². The van der Waals surface area contributed by atoms with Crippen molar-refractivity contribution in [1.82, 2.24) is 5.32 Å². The molecule has 0 spiro atoms. The largest absolute Gasteiger partial charge is 0.480 e. The van der Waals surface area contributed by atoms with Crippen LogP contribution in [0.5, 0.6) is 5.75 Å². The highest BCUT2D eigenvalue weighted by Crippen LogP contribution is 2.29. The summed E-state index contributed by atoms with van der Waals surface area (Å²) in [4.78, 5) is 10.1. The number of nitrogens with zero attached hydrogens (tertiary/aromatic N) is 1. The zero-order chi connectivity index (χ0) is 14.4. The fraction of sp³-hybridized carbons (Fsp3) is 0.385. The zero-order valence-electron chi connectivity index (χ0n) is 11.0. The van der Waals surface area contributed by atoms with Gasteiger partial charge in [-0.2, -0.15) is 0 Å². The first kappa shape index (κ1) is 15.1. The van der Waals surface area contributed by atoms with E-state index in [4.69, 9.17) is 4.74 Å². The number of nitro benzene ring substituents is 1. The first-order valence-corrected chi connectivity index (χ1v) is 5.87. The Kier molecular flexibility index (Phi) is 5.44. The number of ether oxygens (including phenoxy) is 1. The van der Waals surface area contributed by atoms with Crippen LogP contribution in [0.2, 0.25) is 0 Å². The van der Waals surface area contributed by atoms with Gasteiger partial charge in [-0.15, -0.1) is 0 Å². The van der Waals surface area contributed by atoms with Crippen molar-refractivity contribution in [3.05, 3.63) is 46.3 Å². The molecular formula is C13H17FN2O3. The predicted molar refractivity (Wildman–Crippen MR) is 70.8 cm³/mol. The van der Waals surface area contributed by atoms with E-state index in [1.807, 2.05) is 13.8 Å². The maximum atomic E-state index is 13.5. The molecule has 5 nitrogen and oxygen atoms in total. The van der Waals surface area contributed by atoms with E-state index in [-0.39, 0.29) is 18.0 Å². The second kappa shape index (κ2) is 6.84. The van der Waals surface area contributed by atoms with Crippen LogP contribution in [0.25, 0.3) is 0 Å². The van der Waals surface area contributed by atoms with Gasteiger partial charge in [0.1, 0.15) is 6.61 Å². The number of halogens is 1. The Labute approximate surface area is 111 Å². The van der Waals surface area contributed by atoms with Crippen LogP contribution >= 0.6 is 0 Å².